The number of benzene rings is 1. The van der Waals surface area contributed by atoms with Gasteiger partial charge in [-0.15, -0.1) is 0 Å². The Morgan fingerprint density at radius 2 is 2.11 bits per heavy atom. The zero-order valence-electron chi connectivity index (χ0n) is 10.7. The van der Waals surface area contributed by atoms with Gasteiger partial charge in [-0.1, -0.05) is 24.3 Å². The minimum absolute atomic E-state index is 0.181. The second-order valence-electron chi connectivity index (χ2n) is 4.76. The molecule has 1 atom stereocenters. The van der Waals surface area contributed by atoms with Gasteiger partial charge in [0.1, 0.15) is 5.69 Å². The van der Waals surface area contributed by atoms with Crippen LogP contribution in [0.25, 0.3) is 16.6 Å². The van der Waals surface area contributed by atoms with Gasteiger partial charge in [-0.05, 0) is 12.5 Å². The van der Waals surface area contributed by atoms with E-state index >= 15 is 0 Å². The van der Waals surface area contributed by atoms with Gasteiger partial charge in [0.2, 0.25) is 0 Å². The molecule has 0 radical (unpaired) electrons. The SMILES string of the molecule is CN1C(c2nn(C)c3ccccc23)=CCC1CO. The third-order valence-electron chi connectivity index (χ3n) is 3.72. The first-order valence-electron chi connectivity index (χ1n) is 6.18. The van der Waals surface area contributed by atoms with E-state index < -0.39 is 0 Å². The molecule has 94 valence electrons. The van der Waals surface area contributed by atoms with Crippen LogP contribution >= 0.6 is 0 Å². The number of likely N-dealkylation sites (N-methyl/N-ethyl adjacent to an activating group) is 1. The van der Waals surface area contributed by atoms with Gasteiger partial charge in [0, 0.05) is 19.5 Å². The lowest BCUT2D eigenvalue weighted by atomic mass is 10.1. The van der Waals surface area contributed by atoms with Gasteiger partial charge < -0.3 is 10.0 Å². The molecule has 0 saturated heterocycles. The monoisotopic (exact) mass is 243 g/mol. The summed E-state index contributed by atoms with van der Waals surface area (Å²) in [6.45, 7) is 0.182. The fourth-order valence-electron chi connectivity index (χ4n) is 2.61. The fraction of sp³-hybridized carbons (Fsp3) is 0.357. The highest BCUT2D eigenvalue weighted by atomic mass is 16.3. The van der Waals surface area contributed by atoms with Crippen LogP contribution < -0.4 is 0 Å². The van der Waals surface area contributed by atoms with Crippen LogP contribution in [-0.4, -0.2) is 39.5 Å². The van der Waals surface area contributed by atoms with Crippen molar-refractivity contribution in [2.24, 2.45) is 7.05 Å². The van der Waals surface area contributed by atoms with Crippen molar-refractivity contribution >= 4 is 16.6 Å². The van der Waals surface area contributed by atoms with Crippen LogP contribution in [0.5, 0.6) is 0 Å². The van der Waals surface area contributed by atoms with Crippen molar-refractivity contribution < 1.29 is 5.11 Å². The molecule has 1 aromatic carbocycles. The Morgan fingerprint density at radius 3 is 2.83 bits per heavy atom. The zero-order valence-corrected chi connectivity index (χ0v) is 10.7. The van der Waals surface area contributed by atoms with E-state index in [1.807, 2.05) is 30.9 Å². The van der Waals surface area contributed by atoms with E-state index in [0.29, 0.717) is 0 Å². The number of fused-ring (bicyclic) bond motifs is 1. The number of rotatable bonds is 2. The molecule has 18 heavy (non-hydrogen) atoms. The summed E-state index contributed by atoms with van der Waals surface area (Å²) in [6, 6.07) is 8.41. The minimum atomic E-state index is 0.181. The topological polar surface area (TPSA) is 41.3 Å². The standard InChI is InChI=1S/C14H17N3O/c1-16-10(9-18)7-8-13(16)14-11-5-3-4-6-12(11)17(2)15-14/h3-6,8,10,18H,7,9H2,1-2H3. The molecule has 1 aromatic heterocycles. The summed E-state index contributed by atoms with van der Waals surface area (Å²) in [5.41, 5.74) is 3.26. The predicted molar refractivity (Wildman–Crippen MR) is 71.9 cm³/mol. The van der Waals surface area contributed by atoms with Gasteiger partial charge in [-0.25, -0.2) is 0 Å². The third-order valence-corrected chi connectivity index (χ3v) is 3.72. The molecule has 0 aliphatic carbocycles. The molecule has 3 rings (SSSR count). The average molecular weight is 243 g/mol. The van der Waals surface area contributed by atoms with Crippen LogP contribution in [0.3, 0.4) is 0 Å². The highest BCUT2D eigenvalue weighted by molar-refractivity contribution is 5.90. The van der Waals surface area contributed by atoms with E-state index in [1.165, 1.54) is 0 Å². The molecule has 4 heteroatoms. The number of aliphatic hydroxyl groups is 1. The van der Waals surface area contributed by atoms with Crippen LogP contribution in [0.15, 0.2) is 30.3 Å². The van der Waals surface area contributed by atoms with Crippen molar-refractivity contribution in [2.45, 2.75) is 12.5 Å². The van der Waals surface area contributed by atoms with Crippen molar-refractivity contribution in [3.05, 3.63) is 36.0 Å². The normalized spacial score (nSPS) is 19.6. The zero-order chi connectivity index (χ0) is 12.7. The van der Waals surface area contributed by atoms with Crippen molar-refractivity contribution in [3.8, 4) is 0 Å². The van der Waals surface area contributed by atoms with Crippen LogP contribution in [0, 0.1) is 0 Å². The van der Waals surface area contributed by atoms with E-state index in [-0.39, 0.29) is 12.6 Å². The second kappa shape index (κ2) is 4.14. The van der Waals surface area contributed by atoms with Crippen LogP contribution in [0.1, 0.15) is 12.1 Å². The van der Waals surface area contributed by atoms with Crippen molar-refractivity contribution in [2.75, 3.05) is 13.7 Å². The summed E-state index contributed by atoms with van der Waals surface area (Å²) in [4.78, 5) is 2.12. The first-order valence-corrected chi connectivity index (χ1v) is 6.18. The Morgan fingerprint density at radius 1 is 1.33 bits per heavy atom. The summed E-state index contributed by atoms with van der Waals surface area (Å²) in [5.74, 6) is 0. The highest BCUT2D eigenvalue weighted by Gasteiger charge is 2.25. The van der Waals surface area contributed by atoms with Gasteiger partial charge in [0.25, 0.3) is 0 Å². The molecule has 0 spiro atoms. The summed E-state index contributed by atoms with van der Waals surface area (Å²) in [6.07, 6.45) is 3.04. The molecule has 1 N–H and O–H groups in total. The van der Waals surface area contributed by atoms with Gasteiger partial charge in [0.15, 0.2) is 0 Å². The van der Waals surface area contributed by atoms with Crippen LogP contribution in [0.4, 0.5) is 0 Å². The average Bonchev–Trinajstić information content (AvgIpc) is 2.91. The molecule has 1 aliphatic rings. The summed E-state index contributed by atoms with van der Waals surface area (Å²) in [7, 11) is 3.98. The number of para-hydroxylation sites is 1. The number of aliphatic hydroxyl groups excluding tert-OH is 1. The van der Waals surface area contributed by atoms with Crippen molar-refractivity contribution in [1.82, 2.24) is 14.7 Å². The quantitative estimate of drug-likeness (QED) is 0.871. The number of aromatic nitrogens is 2. The number of hydrogen-bond donors (Lipinski definition) is 1. The maximum absolute atomic E-state index is 9.32. The lowest BCUT2D eigenvalue weighted by Gasteiger charge is -2.22. The number of aryl methyl sites for hydroxylation is 1. The van der Waals surface area contributed by atoms with Gasteiger partial charge >= 0.3 is 0 Å². The molecule has 1 unspecified atom stereocenters. The lowest BCUT2D eigenvalue weighted by molar-refractivity contribution is 0.201. The van der Waals surface area contributed by atoms with E-state index in [0.717, 1.165) is 28.7 Å². The molecule has 1 aliphatic heterocycles. The molecule has 4 nitrogen and oxygen atoms in total. The maximum Gasteiger partial charge on any atom is 0.116 e. The van der Waals surface area contributed by atoms with Crippen molar-refractivity contribution in [3.63, 3.8) is 0 Å². The van der Waals surface area contributed by atoms with Crippen molar-refractivity contribution in [1.29, 1.82) is 0 Å². The second-order valence-corrected chi connectivity index (χ2v) is 4.76. The Hall–Kier alpha value is -1.81. The Bertz CT molecular complexity index is 615. The Labute approximate surface area is 106 Å². The third kappa shape index (κ3) is 1.53. The van der Waals surface area contributed by atoms with E-state index in [2.05, 4.69) is 28.2 Å². The Balaban J connectivity index is 2.11. The first kappa shape index (κ1) is 11.3. The molecule has 0 amide bonds. The fourth-order valence-corrected chi connectivity index (χ4v) is 2.61. The highest BCUT2D eigenvalue weighted by Crippen LogP contribution is 2.31. The summed E-state index contributed by atoms with van der Waals surface area (Å²) >= 11 is 0. The molecule has 0 fully saturated rings. The largest absolute Gasteiger partial charge is 0.394 e. The van der Waals surface area contributed by atoms with E-state index in [1.54, 1.807) is 0 Å². The van der Waals surface area contributed by atoms with Gasteiger partial charge in [0.05, 0.1) is 23.9 Å². The minimum Gasteiger partial charge on any atom is -0.394 e. The van der Waals surface area contributed by atoms with Gasteiger partial charge in [-0.2, -0.15) is 5.10 Å². The predicted octanol–water partition coefficient (Wildman–Crippen LogP) is 1.61. The molecular formula is C14H17N3O. The Kier molecular flexibility index (Phi) is 2.59. The lowest BCUT2D eigenvalue weighted by Crippen LogP contribution is -2.28. The van der Waals surface area contributed by atoms with Gasteiger partial charge in [-0.3, -0.25) is 4.68 Å². The molecular weight excluding hydrogens is 226 g/mol. The molecule has 2 aromatic rings. The maximum atomic E-state index is 9.32. The summed E-state index contributed by atoms with van der Waals surface area (Å²) in [5, 5.41) is 15.1. The van der Waals surface area contributed by atoms with E-state index in [4.69, 9.17) is 0 Å². The first-order chi connectivity index (χ1) is 8.72. The molecule has 2 heterocycles. The molecule has 0 saturated carbocycles. The number of nitrogens with zero attached hydrogens (tertiary/aromatic N) is 3. The van der Waals surface area contributed by atoms with E-state index in [9.17, 15) is 5.11 Å². The number of hydrogen-bond acceptors (Lipinski definition) is 3. The smallest absolute Gasteiger partial charge is 0.116 e. The van der Waals surface area contributed by atoms with Crippen LogP contribution in [0.2, 0.25) is 0 Å². The molecule has 0 bridgehead atoms. The summed E-state index contributed by atoms with van der Waals surface area (Å²) < 4.78 is 1.91. The van der Waals surface area contributed by atoms with Crippen LogP contribution in [-0.2, 0) is 7.05 Å².